The van der Waals surface area contributed by atoms with Crippen LogP contribution in [0.2, 0.25) is 0 Å². The predicted octanol–water partition coefficient (Wildman–Crippen LogP) is 4.57. The summed E-state index contributed by atoms with van der Waals surface area (Å²) >= 11 is 0. The maximum absolute atomic E-state index is 13.5. The molecule has 0 radical (unpaired) electrons. The molecule has 0 spiro atoms. The van der Waals surface area contributed by atoms with Crippen LogP contribution in [0.3, 0.4) is 0 Å². The maximum Gasteiger partial charge on any atom is 0.294 e. The molecule has 2 amide bonds. The highest BCUT2D eigenvalue weighted by Crippen LogP contribution is 2.33. The standard InChI is InChI=1S/C28H31FN4O3/c1-4-18(2)27(35)31-26-28(36)33(24(16-30-26)20-12-14-21(29)15-13-20)17-25(34)32(3)23-11-7-9-19-8-5-6-10-22(19)23/h5-6,8,10,12-16,18,23H,4,7,9,11,17H2,1-3H3,(H,30,31,35)/t18-,23-/m1/s1. The number of halogens is 1. The van der Waals surface area contributed by atoms with E-state index in [1.165, 1.54) is 40.6 Å². The van der Waals surface area contributed by atoms with Crippen molar-refractivity contribution in [2.75, 3.05) is 12.4 Å². The number of carbonyl (C=O) groups is 2. The third-order valence-corrected chi connectivity index (χ3v) is 6.99. The first-order chi connectivity index (χ1) is 17.3. The number of nitrogens with one attached hydrogen (secondary N) is 1. The molecule has 36 heavy (non-hydrogen) atoms. The number of carbonyl (C=O) groups excluding carboxylic acids is 2. The molecule has 0 fully saturated rings. The average molecular weight is 491 g/mol. The quantitative estimate of drug-likeness (QED) is 0.526. The van der Waals surface area contributed by atoms with Crippen LogP contribution in [-0.4, -0.2) is 33.3 Å². The largest absolute Gasteiger partial charge is 0.337 e. The Morgan fingerprint density at radius 3 is 2.64 bits per heavy atom. The molecule has 1 aliphatic carbocycles. The number of rotatable bonds is 7. The minimum atomic E-state index is -0.584. The molecule has 8 heteroatoms. The Kier molecular flexibility index (Phi) is 7.62. The van der Waals surface area contributed by atoms with Gasteiger partial charge in [0.2, 0.25) is 11.8 Å². The molecule has 7 nitrogen and oxygen atoms in total. The van der Waals surface area contributed by atoms with Crippen LogP contribution < -0.4 is 10.9 Å². The highest BCUT2D eigenvalue weighted by molar-refractivity contribution is 5.91. The molecule has 1 aliphatic rings. The molecule has 1 aromatic heterocycles. The minimum Gasteiger partial charge on any atom is -0.337 e. The molecule has 1 heterocycles. The first-order valence-corrected chi connectivity index (χ1v) is 12.3. The lowest BCUT2D eigenvalue weighted by atomic mass is 9.87. The molecule has 4 rings (SSSR count). The molecule has 2 aromatic carbocycles. The van der Waals surface area contributed by atoms with Gasteiger partial charge in [-0.05, 0) is 61.1 Å². The summed E-state index contributed by atoms with van der Waals surface area (Å²) < 4.78 is 14.9. The molecule has 0 unspecified atom stereocenters. The zero-order valence-corrected chi connectivity index (χ0v) is 20.8. The van der Waals surface area contributed by atoms with E-state index in [1.54, 1.807) is 18.9 Å². The summed E-state index contributed by atoms with van der Waals surface area (Å²) in [5.74, 6) is -1.40. The lowest BCUT2D eigenvalue weighted by molar-refractivity contribution is -0.133. The van der Waals surface area contributed by atoms with Gasteiger partial charge in [-0.2, -0.15) is 0 Å². The van der Waals surface area contributed by atoms with Crippen molar-refractivity contribution in [3.05, 3.63) is 82.0 Å². The van der Waals surface area contributed by atoms with Gasteiger partial charge in [-0.1, -0.05) is 38.1 Å². The Balaban J connectivity index is 1.69. The second kappa shape index (κ2) is 10.8. The zero-order valence-electron chi connectivity index (χ0n) is 20.8. The van der Waals surface area contributed by atoms with Crippen LogP contribution in [0.15, 0.2) is 59.5 Å². The third kappa shape index (κ3) is 5.22. The third-order valence-electron chi connectivity index (χ3n) is 6.99. The summed E-state index contributed by atoms with van der Waals surface area (Å²) in [6, 6.07) is 13.7. The van der Waals surface area contributed by atoms with Gasteiger partial charge in [0.05, 0.1) is 17.9 Å². The lowest BCUT2D eigenvalue weighted by Gasteiger charge is -2.33. The molecule has 188 valence electrons. The van der Waals surface area contributed by atoms with E-state index in [0.717, 1.165) is 24.8 Å². The van der Waals surface area contributed by atoms with Crippen molar-refractivity contribution in [2.24, 2.45) is 5.92 Å². The van der Waals surface area contributed by atoms with Crippen LogP contribution >= 0.6 is 0 Å². The Hall–Kier alpha value is -3.81. The number of amides is 2. The van der Waals surface area contributed by atoms with Gasteiger partial charge in [0, 0.05) is 18.5 Å². The van der Waals surface area contributed by atoms with Crippen LogP contribution in [0.25, 0.3) is 11.3 Å². The van der Waals surface area contributed by atoms with Gasteiger partial charge in [-0.25, -0.2) is 9.37 Å². The van der Waals surface area contributed by atoms with E-state index in [-0.39, 0.29) is 36.1 Å². The first-order valence-electron chi connectivity index (χ1n) is 12.3. The van der Waals surface area contributed by atoms with Gasteiger partial charge in [0.25, 0.3) is 5.56 Å². The Morgan fingerprint density at radius 1 is 1.19 bits per heavy atom. The number of benzene rings is 2. The molecule has 1 N–H and O–H groups in total. The molecule has 0 bridgehead atoms. The van der Waals surface area contributed by atoms with E-state index in [4.69, 9.17) is 0 Å². The zero-order chi connectivity index (χ0) is 25.8. The summed E-state index contributed by atoms with van der Waals surface area (Å²) in [7, 11) is 1.75. The van der Waals surface area contributed by atoms with E-state index >= 15 is 0 Å². The van der Waals surface area contributed by atoms with Gasteiger partial charge in [-0.3, -0.25) is 19.0 Å². The maximum atomic E-state index is 13.5. The number of fused-ring (bicyclic) bond motifs is 1. The number of nitrogens with zero attached hydrogens (tertiary/aromatic N) is 3. The van der Waals surface area contributed by atoms with Crippen LogP contribution in [-0.2, 0) is 22.6 Å². The molecule has 2 atom stereocenters. The van der Waals surface area contributed by atoms with E-state index in [0.29, 0.717) is 17.7 Å². The summed E-state index contributed by atoms with van der Waals surface area (Å²) in [5.41, 5.74) is 2.68. The number of aryl methyl sites for hydroxylation is 1. The van der Waals surface area contributed by atoms with Crippen LogP contribution in [0.1, 0.15) is 50.3 Å². The van der Waals surface area contributed by atoms with Crippen molar-refractivity contribution >= 4 is 17.6 Å². The lowest BCUT2D eigenvalue weighted by Crippen LogP contribution is -2.39. The molecule has 0 saturated carbocycles. The number of hydrogen-bond donors (Lipinski definition) is 1. The van der Waals surface area contributed by atoms with Crippen LogP contribution in [0, 0.1) is 11.7 Å². The molecule has 0 saturated heterocycles. The van der Waals surface area contributed by atoms with Crippen molar-refractivity contribution < 1.29 is 14.0 Å². The van der Waals surface area contributed by atoms with Gasteiger partial charge in [0.1, 0.15) is 12.4 Å². The van der Waals surface area contributed by atoms with E-state index in [1.807, 2.05) is 25.1 Å². The van der Waals surface area contributed by atoms with Crippen molar-refractivity contribution in [3.63, 3.8) is 0 Å². The smallest absolute Gasteiger partial charge is 0.294 e. The fraction of sp³-hybridized carbons (Fsp3) is 0.357. The van der Waals surface area contributed by atoms with E-state index in [2.05, 4.69) is 16.4 Å². The second-order valence-electron chi connectivity index (χ2n) is 9.30. The van der Waals surface area contributed by atoms with Gasteiger partial charge >= 0.3 is 0 Å². The molecule has 0 aliphatic heterocycles. The van der Waals surface area contributed by atoms with E-state index in [9.17, 15) is 18.8 Å². The molecular weight excluding hydrogens is 459 g/mol. The van der Waals surface area contributed by atoms with Crippen molar-refractivity contribution in [1.82, 2.24) is 14.5 Å². The number of likely N-dealkylation sites (N-methyl/N-ethyl adjacent to an activating group) is 1. The summed E-state index contributed by atoms with van der Waals surface area (Å²) in [6.45, 7) is 3.40. The fourth-order valence-electron chi connectivity index (χ4n) is 4.56. The SMILES string of the molecule is CC[C@@H](C)C(=O)Nc1ncc(-c2ccc(F)cc2)n(CC(=O)N(C)[C@@H]2CCCc3ccccc32)c1=O. The highest BCUT2D eigenvalue weighted by atomic mass is 19.1. The summed E-state index contributed by atoms with van der Waals surface area (Å²) in [6.07, 6.45) is 4.84. The van der Waals surface area contributed by atoms with Gasteiger partial charge in [0.15, 0.2) is 5.82 Å². The fourth-order valence-corrected chi connectivity index (χ4v) is 4.56. The van der Waals surface area contributed by atoms with Gasteiger partial charge < -0.3 is 10.2 Å². The number of anilines is 1. The van der Waals surface area contributed by atoms with Crippen LogP contribution in [0.4, 0.5) is 10.2 Å². The Morgan fingerprint density at radius 2 is 1.92 bits per heavy atom. The van der Waals surface area contributed by atoms with E-state index < -0.39 is 11.4 Å². The highest BCUT2D eigenvalue weighted by Gasteiger charge is 2.27. The topological polar surface area (TPSA) is 84.3 Å². The average Bonchev–Trinajstić information content (AvgIpc) is 2.90. The summed E-state index contributed by atoms with van der Waals surface area (Å²) in [5, 5.41) is 2.60. The molecule has 3 aromatic rings. The Bertz CT molecular complexity index is 1320. The normalized spacial score (nSPS) is 15.6. The van der Waals surface area contributed by atoms with Crippen molar-refractivity contribution in [1.29, 1.82) is 0 Å². The van der Waals surface area contributed by atoms with Crippen molar-refractivity contribution in [3.8, 4) is 11.3 Å². The second-order valence-corrected chi connectivity index (χ2v) is 9.30. The monoisotopic (exact) mass is 490 g/mol. The summed E-state index contributed by atoms with van der Waals surface area (Å²) in [4.78, 5) is 45.3. The van der Waals surface area contributed by atoms with Gasteiger partial charge in [-0.15, -0.1) is 0 Å². The Labute approximate surface area is 210 Å². The number of hydrogen-bond acceptors (Lipinski definition) is 4. The number of aromatic nitrogens is 2. The predicted molar refractivity (Wildman–Crippen MR) is 137 cm³/mol. The van der Waals surface area contributed by atoms with Crippen LogP contribution in [0.5, 0.6) is 0 Å². The minimum absolute atomic E-state index is 0.0844. The molecular formula is C28H31FN4O3. The van der Waals surface area contributed by atoms with Crippen molar-refractivity contribution in [2.45, 2.75) is 52.1 Å². The first kappa shape index (κ1) is 25.3.